The van der Waals surface area contributed by atoms with Crippen LogP contribution in [0.25, 0.3) is 0 Å². The van der Waals surface area contributed by atoms with Gasteiger partial charge in [0.1, 0.15) is 35.8 Å². The number of benzene rings is 2. The maximum atomic E-state index is 15.9. The molecule has 224 valence electrons. The van der Waals surface area contributed by atoms with Crippen LogP contribution in [0.3, 0.4) is 0 Å². The second-order valence-corrected chi connectivity index (χ2v) is 39.9. The minimum absolute atomic E-state index is 0.198. The maximum Gasteiger partial charge on any atom is 0.238 e. The average molecular weight is 653 g/mol. The van der Waals surface area contributed by atoms with Crippen molar-refractivity contribution in [2.75, 3.05) is 0 Å². The van der Waals surface area contributed by atoms with Crippen molar-refractivity contribution in [1.82, 2.24) is 0 Å². The van der Waals surface area contributed by atoms with E-state index in [-0.39, 0.29) is 10.1 Å². The molecular formula is C30H52O4S2Si4. The van der Waals surface area contributed by atoms with E-state index in [0.717, 1.165) is 10.4 Å². The Bertz CT molecular complexity index is 1360. The third-order valence-electron chi connectivity index (χ3n) is 9.34. The van der Waals surface area contributed by atoms with Crippen molar-refractivity contribution in [3.63, 3.8) is 0 Å². The van der Waals surface area contributed by atoms with Gasteiger partial charge >= 0.3 is 0 Å². The summed E-state index contributed by atoms with van der Waals surface area (Å²) >= 11 is 0. The molecule has 1 aliphatic heterocycles. The van der Waals surface area contributed by atoms with Gasteiger partial charge in [0.2, 0.25) is 16.6 Å². The molecule has 0 saturated carbocycles. The molecule has 4 nitrogen and oxygen atoms in total. The predicted molar refractivity (Wildman–Crippen MR) is 190 cm³/mol. The van der Waals surface area contributed by atoms with Gasteiger partial charge in [0.05, 0.1) is 7.64 Å². The lowest BCUT2D eigenvalue weighted by atomic mass is 10.2. The fourth-order valence-corrected chi connectivity index (χ4v) is 37.7. The first-order chi connectivity index (χ1) is 17.9. The monoisotopic (exact) mass is 652 g/mol. The lowest BCUT2D eigenvalue weighted by Crippen LogP contribution is -2.71. The Kier molecular flexibility index (Phi) is 8.83. The van der Waals surface area contributed by atoms with Gasteiger partial charge in [-0.1, -0.05) is 128 Å². The summed E-state index contributed by atoms with van der Waals surface area (Å²) < 4.78 is 47.1. The minimum atomic E-state index is -3.18. The number of hydrogen-bond donors (Lipinski definition) is 0. The molecule has 1 heterocycles. The van der Waals surface area contributed by atoms with Crippen LogP contribution in [0.2, 0.25) is 62.5 Å². The number of rotatable bonds is 8. The molecule has 0 aliphatic carbocycles. The fraction of sp³-hybridized carbons (Fsp3) is 0.533. The second-order valence-electron chi connectivity index (χ2n) is 15.3. The van der Waals surface area contributed by atoms with Crippen molar-refractivity contribution in [3.05, 3.63) is 60.7 Å². The zero-order valence-electron chi connectivity index (χ0n) is 27.2. The first-order valence-electron chi connectivity index (χ1n) is 14.2. The second kappa shape index (κ2) is 10.5. The summed E-state index contributed by atoms with van der Waals surface area (Å²) in [6.45, 7) is 30.5. The van der Waals surface area contributed by atoms with Crippen LogP contribution in [-0.4, -0.2) is 48.8 Å². The highest BCUT2D eigenvalue weighted by atomic mass is 32.3. The lowest BCUT2D eigenvalue weighted by Gasteiger charge is -2.52. The Morgan fingerprint density at radius 2 is 0.750 bits per heavy atom. The molecule has 2 aromatic carbocycles. The highest BCUT2D eigenvalue weighted by Gasteiger charge is 2.63. The van der Waals surface area contributed by atoms with Gasteiger partial charge in [-0.2, -0.15) is 0 Å². The van der Waals surface area contributed by atoms with E-state index in [1.807, 2.05) is 36.4 Å². The number of hydrogen-bond acceptors (Lipinski definition) is 4. The molecule has 0 aromatic heterocycles. The van der Waals surface area contributed by atoms with Crippen LogP contribution in [0.5, 0.6) is 0 Å². The SMILES string of the molecule is CC(C)(C)[Si](C)(C)C1=S(=O)(O[Si](C)(C)c2ccccc2)C([Si](C)(C)C(C)(C)C)=S1(=O)O[Si](C)(C)c1ccccc1. The molecule has 0 bridgehead atoms. The molecule has 0 saturated heterocycles. The zero-order valence-corrected chi connectivity index (χ0v) is 32.9. The van der Waals surface area contributed by atoms with Crippen LogP contribution >= 0.6 is 0 Å². The van der Waals surface area contributed by atoms with Crippen LogP contribution < -0.4 is 10.4 Å². The standard InChI is InChI=1S/C30H52O4S2Si4/c1-29(2,3)37(7,8)27-35(31,33-39(11,12)25-21-17-15-18-22-25)28(38(9,10)30(4,5)6)36(27,32)34-40(13,14)26-23-19-16-20-24-26/h15-24H,1-14H3. The van der Waals surface area contributed by atoms with Crippen LogP contribution in [0.15, 0.2) is 60.7 Å². The normalized spacial score (nSPS) is 23.2. The molecule has 10 heteroatoms. The summed E-state index contributed by atoms with van der Waals surface area (Å²) in [4.78, 5) is 0. The van der Waals surface area contributed by atoms with Gasteiger partial charge < -0.3 is 7.74 Å². The van der Waals surface area contributed by atoms with Crippen molar-refractivity contribution in [2.24, 2.45) is 0 Å². The summed E-state index contributed by atoms with van der Waals surface area (Å²) in [7, 11) is -16.9. The van der Waals surface area contributed by atoms with E-state index in [1.54, 1.807) is 0 Å². The summed E-state index contributed by atoms with van der Waals surface area (Å²) in [5, 5.41) is 1.77. The van der Waals surface area contributed by atoms with Crippen LogP contribution in [0, 0.1) is 0 Å². The quantitative estimate of drug-likeness (QED) is 0.227. The molecule has 0 unspecified atom stereocenters. The first-order valence-corrected chi connectivity index (χ1v) is 29.0. The highest BCUT2D eigenvalue weighted by Crippen LogP contribution is 2.49. The predicted octanol–water partition coefficient (Wildman–Crippen LogP) is 7.01. The highest BCUT2D eigenvalue weighted by molar-refractivity contribution is 8.53. The Balaban J connectivity index is 2.46. The third kappa shape index (κ3) is 5.64. The molecular weight excluding hydrogens is 601 g/mol. The van der Waals surface area contributed by atoms with Crippen molar-refractivity contribution in [3.8, 4) is 0 Å². The van der Waals surface area contributed by atoms with Gasteiger partial charge in [0.15, 0.2) is 0 Å². The minimum Gasteiger partial charge on any atom is -0.333 e. The van der Waals surface area contributed by atoms with Crippen molar-refractivity contribution >= 4 is 70.4 Å². The van der Waals surface area contributed by atoms with E-state index in [9.17, 15) is 0 Å². The van der Waals surface area contributed by atoms with Crippen LogP contribution in [0.1, 0.15) is 41.5 Å². The smallest absolute Gasteiger partial charge is 0.238 e. The Morgan fingerprint density at radius 1 is 0.500 bits per heavy atom. The third-order valence-corrected chi connectivity index (χ3v) is 41.5. The van der Waals surface area contributed by atoms with Gasteiger partial charge in [0.25, 0.3) is 0 Å². The van der Waals surface area contributed by atoms with Gasteiger partial charge in [-0.25, -0.2) is 8.42 Å². The van der Waals surface area contributed by atoms with E-state index >= 15 is 8.42 Å². The largest absolute Gasteiger partial charge is 0.333 e. The van der Waals surface area contributed by atoms with Crippen molar-refractivity contribution < 1.29 is 16.2 Å². The van der Waals surface area contributed by atoms with Crippen molar-refractivity contribution in [2.45, 2.75) is 104 Å². The molecule has 0 spiro atoms. The van der Waals surface area contributed by atoms with Crippen LogP contribution in [-0.2, 0) is 27.3 Å². The molecule has 3 rings (SSSR count). The topological polar surface area (TPSA) is 52.6 Å². The first kappa shape index (κ1) is 33.8. The van der Waals surface area contributed by atoms with E-state index in [0.29, 0.717) is 7.64 Å². The summed E-state index contributed by atoms with van der Waals surface area (Å²) in [6, 6.07) is 20.3. The van der Waals surface area contributed by atoms with E-state index in [2.05, 4.69) is 118 Å². The molecule has 1 aliphatic rings. The van der Waals surface area contributed by atoms with E-state index in [1.165, 1.54) is 0 Å². The maximum absolute atomic E-state index is 15.9. The Labute approximate surface area is 250 Å². The van der Waals surface area contributed by atoms with Crippen LogP contribution in [0.4, 0.5) is 0 Å². The fourth-order valence-electron chi connectivity index (χ4n) is 4.89. The molecule has 0 radical (unpaired) electrons. The van der Waals surface area contributed by atoms with Gasteiger partial charge in [0, 0.05) is 0 Å². The molecule has 0 fully saturated rings. The van der Waals surface area contributed by atoms with Gasteiger partial charge in [-0.05, 0) is 46.6 Å². The lowest BCUT2D eigenvalue weighted by molar-refractivity contribution is 0.566. The van der Waals surface area contributed by atoms with E-state index < -0.39 is 52.4 Å². The molecule has 0 atom stereocenters. The molecule has 0 N–H and O–H groups in total. The molecule has 2 aromatic rings. The molecule has 40 heavy (non-hydrogen) atoms. The Hall–Kier alpha value is -0.732. The summed E-state index contributed by atoms with van der Waals surface area (Å²) in [6.07, 6.45) is 0. The average Bonchev–Trinajstić information content (AvgIpc) is 2.77. The zero-order chi connectivity index (χ0) is 30.8. The van der Waals surface area contributed by atoms with Crippen molar-refractivity contribution in [1.29, 1.82) is 0 Å². The summed E-state index contributed by atoms with van der Waals surface area (Å²) in [5.41, 5.74) is 0. The van der Waals surface area contributed by atoms with Gasteiger partial charge in [-0.3, -0.25) is 0 Å². The summed E-state index contributed by atoms with van der Waals surface area (Å²) in [5.74, 6) is 0. The Morgan fingerprint density at radius 3 is 0.975 bits per heavy atom. The van der Waals surface area contributed by atoms with Gasteiger partial charge in [-0.15, -0.1) is 0 Å². The molecule has 0 amide bonds. The van der Waals surface area contributed by atoms with E-state index in [4.69, 9.17) is 7.74 Å².